The predicted molar refractivity (Wildman–Crippen MR) is 289 cm³/mol. The summed E-state index contributed by atoms with van der Waals surface area (Å²) in [6, 6.07) is 0. The number of halogens is 6. The summed E-state index contributed by atoms with van der Waals surface area (Å²) in [5.74, 6) is 5.35. The highest BCUT2D eigenvalue weighted by molar-refractivity contribution is 7.54. The fourth-order valence-electron chi connectivity index (χ4n) is 13.8. The van der Waals surface area contributed by atoms with Crippen LogP contribution in [0.2, 0.25) is 0 Å². The first-order valence-corrected chi connectivity index (χ1v) is 28.5. The molecule has 0 radical (unpaired) electrons. The molecule has 8 bridgehead atoms. The molecule has 8 saturated carbocycles. The van der Waals surface area contributed by atoms with Crippen molar-refractivity contribution in [3.8, 4) is 0 Å². The third-order valence-electron chi connectivity index (χ3n) is 15.9. The number of hydrogen-bond donors (Lipinski definition) is 4. The Morgan fingerprint density at radius 2 is 0.636 bits per heavy atom. The Kier molecular flexibility index (Phi) is 35.3. The van der Waals surface area contributed by atoms with Crippen LogP contribution in [0.15, 0.2) is 0 Å². The maximum atomic E-state index is 14.4. The van der Waals surface area contributed by atoms with Gasteiger partial charge in [-0.15, -0.1) is 74.4 Å². The molecule has 8 aliphatic carbocycles. The monoisotopic (exact) mass is 1100 g/mol. The van der Waals surface area contributed by atoms with Crippen LogP contribution in [0.3, 0.4) is 0 Å². The molecule has 0 saturated heterocycles. The third kappa shape index (κ3) is 21.7. The molecular weight excluding hydrogens is 1010 g/mol. The molecule has 0 aromatic rings. The van der Waals surface area contributed by atoms with Gasteiger partial charge in [-0.3, -0.25) is 9.13 Å². The largest absolute Gasteiger partial charge is 0.331 e. The quantitative estimate of drug-likeness (QED) is 0.0349. The van der Waals surface area contributed by atoms with Crippen molar-refractivity contribution in [2.45, 2.75) is 141 Å². The summed E-state index contributed by atoms with van der Waals surface area (Å²) >= 11 is 0. The minimum Gasteiger partial charge on any atom is -0.330 e. The fourth-order valence-corrected chi connectivity index (χ4v) is 17.0. The van der Waals surface area contributed by atoms with Crippen molar-refractivity contribution in [3.63, 3.8) is 0 Å². The average molecular weight is 1100 g/mol. The van der Waals surface area contributed by atoms with Gasteiger partial charge in [0.2, 0.25) is 0 Å². The van der Waals surface area contributed by atoms with E-state index in [9.17, 15) is 9.13 Å². The van der Waals surface area contributed by atoms with Crippen LogP contribution in [0.1, 0.15) is 141 Å². The molecule has 20 heteroatoms. The maximum absolute atomic E-state index is 14.4. The highest BCUT2D eigenvalue weighted by atomic mass is 35.5. The molecule has 0 aromatic carbocycles. The molecule has 8 rings (SSSR count). The Labute approximate surface area is 438 Å². The lowest BCUT2D eigenvalue weighted by atomic mass is 9.49. The zero-order valence-corrected chi connectivity index (χ0v) is 47.0. The molecule has 2 unspecified atom stereocenters. The molecule has 0 aliphatic heterocycles. The van der Waals surface area contributed by atoms with E-state index in [1.54, 1.807) is 0 Å². The van der Waals surface area contributed by atoms with E-state index in [2.05, 4.69) is 9.80 Å². The Hall–Kier alpha value is 1.80. The Balaban J connectivity index is 0.00000704. The standard InChI is InChI=1S/C46H90N6O6P2.6ClH/c47-11-5-15-51(16-6-12-48)19-25-59(53,57-23-9-45-33-39-27-40(34-45)29-41(28-39)35-45)55-21-3-1-2-4-22-56-60(54,26-20-52(17-7-13-49)18-8-14-50)58-24-10-46-36-42-30-43(37-46)32-44(31-42)38-46;;;;;;/h39-44H,1-38,47-50H2;6*1H. The van der Waals surface area contributed by atoms with Gasteiger partial charge < -0.3 is 50.8 Å². The second-order valence-electron chi connectivity index (χ2n) is 21.0. The van der Waals surface area contributed by atoms with Crippen molar-refractivity contribution in [1.82, 2.24) is 9.80 Å². The van der Waals surface area contributed by atoms with E-state index in [1.165, 1.54) is 77.0 Å². The van der Waals surface area contributed by atoms with Crippen molar-refractivity contribution in [2.24, 2.45) is 69.3 Å². The number of nitrogens with zero attached hydrogens (tertiary/aromatic N) is 2. The fraction of sp³-hybridized carbons (Fsp3) is 1.00. The van der Waals surface area contributed by atoms with E-state index in [1.807, 2.05) is 0 Å². The first kappa shape index (κ1) is 67.8. The van der Waals surface area contributed by atoms with Crippen LogP contribution >= 0.6 is 89.6 Å². The van der Waals surface area contributed by atoms with E-state index < -0.39 is 15.2 Å². The summed E-state index contributed by atoms with van der Waals surface area (Å²) in [4.78, 5) is 4.64. The lowest BCUT2D eigenvalue weighted by Crippen LogP contribution is -2.46. The minimum absolute atomic E-state index is 0. The lowest BCUT2D eigenvalue weighted by Gasteiger charge is -2.57. The molecule has 2 atom stereocenters. The summed E-state index contributed by atoms with van der Waals surface area (Å²) in [5.41, 5.74) is 24.2. The van der Waals surface area contributed by atoms with Gasteiger partial charge in [-0.1, -0.05) is 12.8 Å². The molecule has 0 aromatic heterocycles. The molecule has 8 N–H and O–H groups in total. The average Bonchev–Trinajstić information content (AvgIpc) is 3.20. The van der Waals surface area contributed by atoms with Gasteiger partial charge in [-0.25, -0.2) is 0 Å². The zero-order valence-electron chi connectivity index (χ0n) is 40.3. The van der Waals surface area contributed by atoms with Crippen LogP contribution in [0.4, 0.5) is 0 Å². The number of nitrogens with two attached hydrogens (primary N) is 4. The van der Waals surface area contributed by atoms with Gasteiger partial charge in [0.1, 0.15) is 0 Å². The predicted octanol–water partition coefficient (Wildman–Crippen LogP) is 10.7. The van der Waals surface area contributed by atoms with Crippen molar-refractivity contribution in [3.05, 3.63) is 0 Å². The van der Waals surface area contributed by atoms with Crippen molar-refractivity contribution in [2.75, 3.05) is 104 Å². The second kappa shape index (κ2) is 34.3. The molecule has 0 spiro atoms. The number of hydrogen-bond acceptors (Lipinski definition) is 12. The van der Waals surface area contributed by atoms with E-state index in [-0.39, 0.29) is 74.4 Å². The van der Waals surface area contributed by atoms with Gasteiger partial charge in [0.15, 0.2) is 0 Å². The van der Waals surface area contributed by atoms with Gasteiger partial charge in [0, 0.05) is 13.1 Å². The molecule has 0 amide bonds. The first-order chi connectivity index (χ1) is 29.1. The van der Waals surface area contributed by atoms with Crippen molar-refractivity contribution < 1.29 is 27.2 Å². The molecule has 12 nitrogen and oxygen atoms in total. The molecule has 8 fully saturated rings. The summed E-state index contributed by atoms with van der Waals surface area (Å²) in [6.45, 7) is 9.20. The number of rotatable bonds is 35. The normalized spacial score (nSPS) is 29.4. The van der Waals surface area contributed by atoms with E-state index >= 15 is 0 Å². The lowest BCUT2D eigenvalue weighted by molar-refractivity contribution is -0.0630. The topological polar surface area (TPSA) is 182 Å². The summed E-state index contributed by atoms with van der Waals surface area (Å²) in [7, 11) is -6.58. The second-order valence-corrected chi connectivity index (χ2v) is 25.4. The smallest absolute Gasteiger partial charge is 0.330 e. The molecule has 398 valence electrons. The minimum atomic E-state index is -3.29. The van der Waals surface area contributed by atoms with E-state index in [0.29, 0.717) is 88.8 Å². The van der Waals surface area contributed by atoms with Crippen LogP contribution < -0.4 is 22.9 Å². The molecule has 0 heterocycles. The van der Waals surface area contributed by atoms with Crippen LogP contribution in [0, 0.1) is 46.3 Å². The van der Waals surface area contributed by atoms with Gasteiger partial charge in [-0.2, -0.15) is 0 Å². The molecular formula is C46H96Cl6N6O6P2. The summed E-state index contributed by atoms with van der Waals surface area (Å²) < 4.78 is 54.0. The molecule has 8 aliphatic rings. The highest BCUT2D eigenvalue weighted by Gasteiger charge is 2.52. The van der Waals surface area contributed by atoms with Gasteiger partial charge in [-0.05, 0) is 227 Å². The number of unbranched alkanes of at least 4 members (excludes halogenated alkanes) is 3. The van der Waals surface area contributed by atoms with Gasteiger partial charge in [0.25, 0.3) is 0 Å². The summed E-state index contributed by atoms with van der Waals surface area (Å²) in [5, 5.41) is 0. The Bertz CT molecular complexity index is 1190. The van der Waals surface area contributed by atoms with Crippen LogP contribution in [0.5, 0.6) is 0 Å². The van der Waals surface area contributed by atoms with Gasteiger partial charge >= 0.3 is 15.2 Å². The van der Waals surface area contributed by atoms with Crippen LogP contribution in [-0.4, -0.2) is 114 Å². The Morgan fingerprint density at radius 1 is 0.379 bits per heavy atom. The van der Waals surface area contributed by atoms with Gasteiger partial charge in [0.05, 0.1) is 38.8 Å². The van der Waals surface area contributed by atoms with E-state index in [4.69, 9.17) is 41.0 Å². The molecule has 66 heavy (non-hydrogen) atoms. The highest BCUT2D eigenvalue weighted by Crippen LogP contribution is 2.63. The van der Waals surface area contributed by atoms with E-state index in [0.717, 1.165) is 126 Å². The maximum Gasteiger partial charge on any atom is 0.331 e. The van der Waals surface area contributed by atoms with Crippen molar-refractivity contribution in [1.29, 1.82) is 0 Å². The summed E-state index contributed by atoms with van der Waals surface area (Å²) in [6.07, 6.45) is 26.3. The third-order valence-corrected chi connectivity index (χ3v) is 19.7. The van der Waals surface area contributed by atoms with Crippen molar-refractivity contribution >= 4 is 89.6 Å². The zero-order chi connectivity index (χ0) is 42.3. The van der Waals surface area contributed by atoms with Crippen LogP contribution in [-0.2, 0) is 27.2 Å². The Morgan fingerprint density at radius 3 is 0.894 bits per heavy atom. The first-order valence-electron chi connectivity index (χ1n) is 25.1. The van der Waals surface area contributed by atoms with Crippen LogP contribution in [0.25, 0.3) is 0 Å². The SMILES string of the molecule is Cl.Cl.Cl.Cl.Cl.Cl.NCCCN(CCCN)CCP(=O)(OCCCCCCOP(=O)(CCN(CCCN)CCCN)OCCC12CC3CC(CC(C3)C1)C2)OCCC12CC3CC(CC(C3)C1)C2.